The molecule has 21 heavy (non-hydrogen) atoms. The summed E-state index contributed by atoms with van der Waals surface area (Å²) in [6.45, 7) is 2.31. The Bertz CT molecular complexity index is 684. The van der Waals surface area contributed by atoms with Gasteiger partial charge in [0.2, 0.25) is 0 Å². The maximum Gasteiger partial charge on any atom is 0.257 e. The van der Waals surface area contributed by atoms with E-state index in [4.69, 9.17) is 4.52 Å². The van der Waals surface area contributed by atoms with Crippen LogP contribution in [-0.2, 0) is 0 Å². The molecule has 3 rings (SSSR count). The van der Waals surface area contributed by atoms with Crippen LogP contribution in [-0.4, -0.2) is 22.5 Å². The van der Waals surface area contributed by atoms with Crippen LogP contribution < -0.4 is 0 Å². The van der Waals surface area contributed by atoms with Gasteiger partial charge in [0.25, 0.3) is 5.91 Å². The summed E-state index contributed by atoms with van der Waals surface area (Å²) in [4.78, 5) is 14.0. The lowest BCUT2D eigenvalue weighted by atomic mass is 10.1. The lowest BCUT2D eigenvalue weighted by molar-refractivity contribution is 0.0709. The number of likely N-dealkylation sites (tertiary alicyclic amines) is 1. The van der Waals surface area contributed by atoms with Gasteiger partial charge >= 0.3 is 0 Å². The van der Waals surface area contributed by atoms with Crippen molar-refractivity contribution in [2.45, 2.75) is 25.8 Å². The third-order valence-electron chi connectivity index (χ3n) is 3.65. The average molecular weight is 292 g/mol. The number of amides is 1. The number of hydrogen-bond donors (Lipinski definition) is 0. The molecule has 1 amide bonds. The summed E-state index contributed by atoms with van der Waals surface area (Å²) in [6.07, 6.45) is 1.54. The molecule has 1 aromatic carbocycles. The van der Waals surface area contributed by atoms with Crippen molar-refractivity contribution in [1.82, 2.24) is 10.1 Å². The van der Waals surface area contributed by atoms with Gasteiger partial charge in [-0.3, -0.25) is 4.79 Å². The van der Waals surface area contributed by atoms with Crippen molar-refractivity contribution in [3.05, 3.63) is 52.9 Å². The number of hydrogen-bond acceptors (Lipinski definition) is 3. The normalized spacial score (nSPS) is 18.2. The molecular weight excluding hydrogens is 278 g/mol. The van der Waals surface area contributed by atoms with E-state index in [9.17, 15) is 13.6 Å². The molecule has 6 heteroatoms. The number of carbonyl (C=O) groups is 1. The van der Waals surface area contributed by atoms with Crippen LogP contribution in [0.5, 0.6) is 0 Å². The number of carbonyl (C=O) groups excluding carboxylic acids is 1. The standard InChI is InChI=1S/C15H14F2N2O2/c1-9-7-14(21-18-9)13-3-2-6-19(13)15(20)11-5-4-10(16)8-12(11)17/h4-5,7-8,13H,2-3,6H2,1H3. The fraction of sp³-hybridized carbons (Fsp3) is 0.333. The summed E-state index contributed by atoms with van der Waals surface area (Å²) in [5.41, 5.74) is 0.608. The van der Waals surface area contributed by atoms with Gasteiger partial charge < -0.3 is 9.42 Å². The Labute approximate surface area is 120 Å². The molecule has 0 aliphatic carbocycles. The molecule has 2 heterocycles. The minimum Gasteiger partial charge on any atom is -0.359 e. The molecule has 1 saturated heterocycles. The summed E-state index contributed by atoms with van der Waals surface area (Å²) in [7, 11) is 0. The molecule has 1 aliphatic heterocycles. The summed E-state index contributed by atoms with van der Waals surface area (Å²) in [6, 6.07) is 4.51. The largest absolute Gasteiger partial charge is 0.359 e. The van der Waals surface area contributed by atoms with Gasteiger partial charge in [-0.25, -0.2) is 8.78 Å². The van der Waals surface area contributed by atoms with E-state index in [1.54, 1.807) is 17.9 Å². The van der Waals surface area contributed by atoms with Gasteiger partial charge in [-0.15, -0.1) is 0 Å². The van der Waals surface area contributed by atoms with Crippen molar-refractivity contribution in [1.29, 1.82) is 0 Å². The molecule has 0 bridgehead atoms. The monoisotopic (exact) mass is 292 g/mol. The van der Waals surface area contributed by atoms with E-state index in [1.807, 2.05) is 0 Å². The SMILES string of the molecule is Cc1cc(C2CCCN2C(=O)c2ccc(F)cc2F)on1. The fourth-order valence-electron chi connectivity index (χ4n) is 2.66. The van der Waals surface area contributed by atoms with Crippen LogP contribution >= 0.6 is 0 Å². The summed E-state index contributed by atoms with van der Waals surface area (Å²) in [5, 5.41) is 3.82. The number of aryl methyl sites for hydroxylation is 1. The van der Waals surface area contributed by atoms with Crippen LogP contribution in [0.15, 0.2) is 28.8 Å². The van der Waals surface area contributed by atoms with Crippen molar-refractivity contribution in [3.8, 4) is 0 Å². The van der Waals surface area contributed by atoms with Gasteiger partial charge in [0.1, 0.15) is 11.6 Å². The molecule has 1 aliphatic rings. The maximum absolute atomic E-state index is 13.8. The molecule has 0 saturated carbocycles. The summed E-state index contributed by atoms with van der Waals surface area (Å²) in [5.74, 6) is -1.41. The highest BCUT2D eigenvalue weighted by molar-refractivity contribution is 5.94. The van der Waals surface area contributed by atoms with E-state index < -0.39 is 17.5 Å². The van der Waals surface area contributed by atoms with Gasteiger partial charge in [-0.1, -0.05) is 5.16 Å². The minimum absolute atomic E-state index is 0.125. The number of benzene rings is 1. The van der Waals surface area contributed by atoms with Crippen LogP contribution in [0, 0.1) is 18.6 Å². The van der Waals surface area contributed by atoms with E-state index in [2.05, 4.69) is 5.16 Å². The van der Waals surface area contributed by atoms with Crippen LogP contribution in [0.2, 0.25) is 0 Å². The predicted molar refractivity (Wildman–Crippen MR) is 70.6 cm³/mol. The van der Waals surface area contributed by atoms with Gasteiger partial charge in [0.05, 0.1) is 17.3 Å². The Balaban J connectivity index is 1.89. The first kappa shape index (κ1) is 13.7. The van der Waals surface area contributed by atoms with E-state index in [0.717, 1.165) is 30.7 Å². The van der Waals surface area contributed by atoms with E-state index in [0.29, 0.717) is 12.3 Å². The average Bonchev–Trinajstić information content (AvgIpc) is 3.06. The topological polar surface area (TPSA) is 46.3 Å². The Kier molecular flexibility index (Phi) is 3.45. The second kappa shape index (κ2) is 5.27. The highest BCUT2D eigenvalue weighted by Gasteiger charge is 2.34. The van der Waals surface area contributed by atoms with Crippen LogP contribution in [0.25, 0.3) is 0 Å². The highest BCUT2D eigenvalue weighted by Crippen LogP contribution is 2.33. The van der Waals surface area contributed by atoms with E-state index >= 15 is 0 Å². The van der Waals surface area contributed by atoms with E-state index in [-0.39, 0.29) is 11.6 Å². The second-order valence-corrected chi connectivity index (χ2v) is 5.15. The van der Waals surface area contributed by atoms with Crippen LogP contribution in [0.4, 0.5) is 8.78 Å². The number of aromatic nitrogens is 1. The zero-order chi connectivity index (χ0) is 15.0. The van der Waals surface area contributed by atoms with Gasteiger partial charge in [0.15, 0.2) is 5.76 Å². The lowest BCUT2D eigenvalue weighted by Gasteiger charge is -2.22. The van der Waals surface area contributed by atoms with Crippen molar-refractivity contribution < 1.29 is 18.1 Å². The minimum atomic E-state index is -0.848. The Morgan fingerprint density at radius 1 is 1.38 bits per heavy atom. The maximum atomic E-state index is 13.8. The van der Waals surface area contributed by atoms with Crippen LogP contribution in [0.3, 0.4) is 0 Å². The quantitative estimate of drug-likeness (QED) is 0.853. The van der Waals surface area contributed by atoms with Crippen molar-refractivity contribution in [2.75, 3.05) is 6.54 Å². The zero-order valence-electron chi connectivity index (χ0n) is 11.5. The first-order valence-electron chi connectivity index (χ1n) is 6.75. The molecule has 1 aromatic heterocycles. The van der Waals surface area contributed by atoms with Crippen molar-refractivity contribution in [2.24, 2.45) is 0 Å². The lowest BCUT2D eigenvalue weighted by Crippen LogP contribution is -2.31. The summed E-state index contributed by atoms with van der Waals surface area (Å²) < 4.78 is 31.9. The number of rotatable bonds is 2. The Morgan fingerprint density at radius 2 is 2.19 bits per heavy atom. The zero-order valence-corrected chi connectivity index (χ0v) is 11.5. The second-order valence-electron chi connectivity index (χ2n) is 5.15. The van der Waals surface area contributed by atoms with Crippen molar-refractivity contribution in [3.63, 3.8) is 0 Å². The predicted octanol–water partition coefficient (Wildman–Crippen LogP) is 3.24. The van der Waals surface area contributed by atoms with Crippen molar-refractivity contribution >= 4 is 5.91 Å². The molecule has 110 valence electrons. The fourth-order valence-corrected chi connectivity index (χ4v) is 2.66. The van der Waals surface area contributed by atoms with Gasteiger partial charge in [-0.2, -0.15) is 0 Å². The Hall–Kier alpha value is -2.24. The van der Waals surface area contributed by atoms with Gasteiger partial charge in [0, 0.05) is 18.7 Å². The van der Waals surface area contributed by atoms with E-state index in [1.165, 1.54) is 6.07 Å². The highest BCUT2D eigenvalue weighted by atomic mass is 19.1. The smallest absolute Gasteiger partial charge is 0.257 e. The molecule has 0 spiro atoms. The number of nitrogens with zero attached hydrogens (tertiary/aromatic N) is 2. The number of halogens is 2. The third-order valence-corrected chi connectivity index (χ3v) is 3.65. The first-order chi connectivity index (χ1) is 10.1. The molecule has 2 aromatic rings. The first-order valence-corrected chi connectivity index (χ1v) is 6.75. The third kappa shape index (κ3) is 2.53. The molecule has 1 unspecified atom stereocenters. The molecule has 4 nitrogen and oxygen atoms in total. The molecule has 0 N–H and O–H groups in total. The molecule has 1 fully saturated rings. The molecule has 0 radical (unpaired) electrons. The Morgan fingerprint density at radius 3 is 2.86 bits per heavy atom. The summed E-state index contributed by atoms with van der Waals surface area (Å²) >= 11 is 0. The van der Waals surface area contributed by atoms with Crippen LogP contribution in [0.1, 0.15) is 40.7 Å². The molecular formula is C15H14F2N2O2. The van der Waals surface area contributed by atoms with Gasteiger partial charge in [-0.05, 0) is 31.9 Å². The molecule has 1 atom stereocenters.